The van der Waals surface area contributed by atoms with Gasteiger partial charge in [-0.2, -0.15) is 0 Å². The van der Waals surface area contributed by atoms with Gasteiger partial charge in [-0.15, -0.1) is 11.3 Å². The minimum absolute atomic E-state index is 0.454. The van der Waals surface area contributed by atoms with Crippen LogP contribution in [0.4, 0.5) is 0 Å². The van der Waals surface area contributed by atoms with E-state index in [2.05, 4.69) is 103 Å². The van der Waals surface area contributed by atoms with E-state index in [0.717, 1.165) is 5.69 Å². The second-order valence-corrected chi connectivity index (χ2v) is 9.40. The highest BCUT2D eigenvalue weighted by Gasteiger charge is 2.14. The van der Waals surface area contributed by atoms with Crippen molar-refractivity contribution in [3.05, 3.63) is 96.7 Å². The average molecular weight is 419 g/mol. The van der Waals surface area contributed by atoms with Crippen LogP contribution in [0.3, 0.4) is 0 Å². The number of thiazole rings is 1. The molecule has 0 atom stereocenters. The lowest BCUT2D eigenvalue weighted by Gasteiger charge is -2.13. The molecular formula is C28H22N2S. The number of aromatic nitrogens is 2. The Morgan fingerprint density at radius 3 is 2.45 bits per heavy atom. The first-order valence-electron chi connectivity index (χ1n) is 10.7. The molecule has 0 saturated carbocycles. The Morgan fingerprint density at radius 1 is 0.806 bits per heavy atom. The monoisotopic (exact) mass is 418 g/mol. The van der Waals surface area contributed by atoms with Crippen molar-refractivity contribution in [3.63, 3.8) is 0 Å². The van der Waals surface area contributed by atoms with Gasteiger partial charge in [0.25, 0.3) is 0 Å². The maximum Gasteiger partial charge on any atom is 0.101 e. The fraction of sp³-hybridized carbons (Fsp3) is 0.107. The quantitative estimate of drug-likeness (QED) is 0.283. The molecule has 0 aliphatic carbocycles. The van der Waals surface area contributed by atoms with Crippen molar-refractivity contribution in [3.8, 4) is 22.5 Å². The van der Waals surface area contributed by atoms with E-state index in [-0.39, 0.29) is 0 Å². The molecule has 0 aliphatic heterocycles. The smallest absolute Gasteiger partial charge is 0.101 e. The third-order valence-corrected chi connectivity index (χ3v) is 7.09. The topological polar surface area (TPSA) is 17.3 Å². The lowest BCUT2D eigenvalue weighted by atomic mass is 9.92. The summed E-state index contributed by atoms with van der Waals surface area (Å²) in [5, 5.41) is 2.60. The number of benzene rings is 3. The van der Waals surface area contributed by atoms with Crippen molar-refractivity contribution < 1.29 is 0 Å². The highest BCUT2D eigenvalue weighted by Crippen LogP contribution is 2.36. The molecule has 3 heterocycles. The first-order valence-corrected chi connectivity index (χ1v) is 11.5. The van der Waals surface area contributed by atoms with Gasteiger partial charge >= 0.3 is 0 Å². The third kappa shape index (κ3) is 2.96. The van der Waals surface area contributed by atoms with Gasteiger partial charge < -0.3 is 0 Å². The van der Waals surface area contributed by atoms with Gasteiger partial charge in [0.15, 0.2) is 0 Å². The number of fused-ring (bicyclic) bond motifs is 4. The second-order valence-electron chi connectivity index (χ2n) is 8.34. The molecule has 31 heavy (non-hydrogen) atoms. The van der Waals surface area contributed by atoms with Gasteiger partial charge in [-0.25, -0.2) is 0 Å². The van der Waals surface area contributed by atoms with E-state index in [9.17, 15) is 0 Å². The Labute approximate surface area is 185 Å². The van der Waals surface area contributed by atoms with Gasteiger partial charge in [0, 0.05) is 11.8 Å². The molecule has 0 N–H and O–H groups in total. The highest BCUT2D eigenvalue weighted by molar-refractivity contribution is 7.24. The zero-order valence-corrected chi connectivity index (χ0v) is 18.4. The van der Waals surface area contributed by atoms with E-state index in [1.165, 1.54) is 48.2 Å². The lowest BCUT2D eigenvalue weighted by Crippen LogP contribution is -1.93. The molecule has 0 saturated heterocycles. The molecule has 0 bridgehead atoms. The molecule has 3 aromatic carbocycles. The van der Waals surface area contributed by atoms with Crippen LogP contribution in [0.5, 0.6) is 0 Å². The van der Waals surface area contributed by atoms with Crippen LogP contribution in [0.25, 0.3) is 48.3 Å². The predicted molar refractivity (Wildman–Crippen MR) is 133 cm³/mol. The Hall–Kier alpha value is -3.43. The molecule has 3 aromatic heterocycles. The number of hydrogen-bond acceptors (Lipinski definition) is 2. The van der Waals surface area contributed by atoms with Crippen LogP contribution in [0.15, 0.2) is 91.1 Å². The molecule has 0 aliphatic rings. The third-order valence-electron chi connectivity index (χ3n) is 6.03. The van der Waals surface area contributed by atoms with Crippen LogP contribution in [-0.4, -0.2) is 9.38 Å². The first-order chi connectivity index (χ1) is 15.2. The highest BCUT2D eigenvalue weighted by atomic mass is 32.1. The van der Waals surface area contributed by atoms with Gasteiger partial charge in [0.2, 0.25) is 0 Å². The lowest BCUT2D eigenvalue weighted by molar-refractivity contribution is 0.876. The summed E-state index contributed by atoms with van der Waals surface area (Å²) in [4.78, 5) is 6.10. The molecule has 0 spiro atoms. The van der Waals surface area contributed by atoms with Crippen molar-refractivity contribution in [1.29, 1.82) is 0 Å². The molecule has 0 unspecified atom stereocenters. The molecule has 0 fully saturated rings. The number of hydrogen-bond donors (Lipinski definition) is 0. The Morgan fingerprint density at radius 2 is 1.61 bits per heavy atom. The first kappa shape index (κ1) is 18.3. The van der Waals surface area contributed by atoms with E-state index in [0.29, 0.717) is 5.92 Å². The molecule has 3 heteroatoms. The van der Waals surface area contributed by atoms with Crippen molar-refractivity contribution in [2.45, 2.75) is 19.8 Å². The Balaban J connectivity index is 1.59. The number of nitrogens with zero attached hydrogens (tertiary/aromatic N) is 2. The number of rotatable bonds is 3. The summed E-state index contributed by atoms with van der Waals surface area (Å²) in [6, 6.07) is 30.5. The van der Waals surface area contributed by atoms with Gasteiger partial charge in [-0.3, -0.25) is 9.38 Å². The van der Waals surface area contributed by atoms with Crippen LogP contribution in [0.2, 0.25) is 0 Å². The van der Waals surface area contributed by atoms with E-state index < -0.39 is 0 Å². The molecule has 0 radical (unpaired) electrons. The van der Waals surface area contributed by atoms with Crippen molar-refractivity contribution >= 4 is 37.2 Å². The normalized spacial score (nSPS) is 11.8. The van der Waals surface area contributed by atoms with E-state index in [1.54, 1.807) is 11.3 Å². The van der Waals surface area contributed by atoms with E-state index >= 15 is 0 Å². The Kier molecular flexibility index (Phi) is 4.18. The van der Waals surface area contributed by atoms with Crippen molar-refractivity contribution in [2.75, 3.05) is 0 Å². The molecule has 150 valence electrons. The maximum atomic E-state index is 4.86. The molecular weight excluding hydrogens is 396 g/mol. The fourth-order valence-corrected chi connectivity index (χ4v) is 5.51. The van der Waals surface area contributed by atoms with Crippen molar-refractivity contribution in [1.82, 2.24) is 9.38 Å². The van der Waals surface area contributed by atoms with E-state index in [4.69, 9.17) is 4.98 Å². The average Bonchev–Trinajstić information content (AvgIpc) is 3.38. The summed E-state index contributed by atoms with van der Waals surface area (Å²) in [6.07, 6.45) is 2.03. The van der Waals surface area contributed by atoms with Gasteiger partial charge in [0.05, 0.1) is 21.6 Å². The van der Waals surface area contributed by atoms with Crippen LogP contribution in [0.1, 0.15) is 25.3 Å². The standard InChI is InChI=1S/C28H22N2S/c1-18(2)23-15-21(14-20-10-6-7-11-22(20)23)24-16-26-27(17-29-24)31-28-13-12-25(30(26)28)19-8-4-3-5-9-19/h3-18H,1-2H3. The van der Waals surface area contributed by atoms with Crippen molar-refractivity contribution in [2.24, 2.45) is 0 Å². The summed E-state index contributed by atoms with van der Waals surface area (Å²) < 4.78 is 3.58. The summed E-state index contributed by atoms with van der Waals surface area (Å²) in [6.45, 7) is 4.52. The van der Waals surface area contributed by atoms with Gasteiger partial charge in [-0.1, -0.05) is 68.4 Å². The summed E-state index contributed by atoms with van der Waals surface area (Å²) in [5.41, 5.74) is 7.24. The predicted octanol–water partition coefficient (Wildman–Crippen LogP) is 8.16. The molecule has 6 rings (SSSR count). The minimum atomic E-state index is 0.454. The zero-order valence-electron chi connectivity index (χ0n) is 17.5. The van der Waals surface area contributed by atoms with Gasteiger partial charge in [-0.05, 0) is 58.1 Å². The SMILES string of the molecule is CC(C)c1cc(-c2cc3c(cn2)sc2ccc(-c4ccccc4)n23)cc2ccccc12. The second kappa shape index (κ2) is 7.07. The molecule has 6 aromatic rings. The molecule has 0 amide bonds. The van der Waals surface area contributed by atoms with Crippen LogP contribution in [-0.2, 0) is 0 Å². The molecule has 2 nitrogen and oxygen atoms in total. The largest absolute Gasteiger partial charge is 0.300 e. The van der Waals surface area contributed by atoms with E-state index in [1.807, 2.05) is 6.20 Å². The fourth-order valence-electron chi connectivity index (χ4n) is 4.50. The minimum Gasteiger partial charge on any atom is -0.300 e. The number of pyridine rings is 1. The van der Waals surface area contributed by atoms with Gasteiger partial charge in [0.1, 0.15) is 4.83 Å². The summed E-state index contributed by atoms with van der Waals surface area (Å²) in [7, 11) is 0. The van der Waals surface area contributed by atoms with Crippen LogP contribution < -0.4 is 0 Å². The Bertz CT molecular complexity index is 1550. The summed E-state index contributed by atoms with van der Waals surface area (Å²) >= 11 is 1.79. The maximum absolute atomic E-state index is 4.86. The van der Waals surface area contributed by atoms with Crippen LogP contribution >= 0.6 is 11.3 Å². The zero-order chi connectivity index (χ0) is 20.9. The summed E-state index contributed by atoms with van der Waals surface area (Å²) in [5.74, 6) is 0.454. The van der Waals surface area contributed by atoms with Crippen LogP contribution in [0, 0.1) is 0 Å².